The topological polar surface area (TPSA) is 90.9 Å². The minimum Gasteiger partial charge on any atom is -0.362 e. The number of hydrogen-bond acceptors (Lipinski definition) is 7. The van der Waals surface area contributed by atoms with Crippen LogP contribution in [0.4, 0.5) is 35.4 Å². The Kier molecular flexibility index (Phi) is 9.06. The van der Waals surface area contributed by atoms with Crippen molar-refractivity contribution in [2.24, 2.45) is 0 Å². The van der Waals surface area contributed by atoms with Crippen molar-refractivity contribution in [3.8, 4) is 0 Å². The molecule has 1 N–H and O–H groups in total. The second-order valence-electron chi connectivity index (χ2n) is 8.95. The fourth-order valence-electron chi connectivity index (χ4n) is 4.17. The first-order valence-corrected chi connectivity index (χ1v) is 12.2. The van der Waals surface area contributed by atoms with Crippen LogP contribution in [-0.2, 0) is 9.63 Å². The van der Waals surface area contributed by atoms with Crippen molar-refractivity contribution in [2.75, 3.05) is 35.8 Å². The number of halogens is 4. The number of hydrogen-bond donors (Lipinski definition) is 1. The van der Waals surface area contributed by atoms with Crippen molar-refractivity contribution in [3.05, 3.63) is 41.0 Å². The van der Waals surface area contributed by atoms with E-state index in [1.165, 1.54) is 4.90 Å². The number of hydroxylamine groups is 2. The van der Waals surface area contributed by atoms with Crippen LogP contribution in [0.3, 0.4) is 0 Å². The second kappa shape index (κ2) is 11.8. The molecule has 1 aromatic heterocycles. The highest BCUT2D eigenvalue weighted by atomic mass is 35.5. The molecule has 1 aliphatic rings. The van der Waals surface area contributed by atoms with Crippen LogP contribution >= 0.6 is 11.6 Å². The van der Waals surface area contributed by atoms with E-state index in [0.29, 0.717) is 47.4 Å². The van der Waals surface area contributed by atoms with E-state index in [-0.39, 0.29) is 12.6 Å². The molecule has 2 aromatic rings. The minimum absolute atomic E-state index is 0.0669. The number of aryl methyl sites for hydroxylation is 1. The van der Waals surface area contributed by atoms with Gasteiger partial charge in [-0.1, -0.05) is 11.6 Å². The molecule has 0 aliphatic heterocycles. The number of carbonyl (C=O) groups is 2. The lowest BCUT2D eigenvalue weighted by molar-refractivity contribution is -0.234. The maximum absolute atomic E-state index is 13.4. The molecule has 3 rings (SSSR count). The number of anilines is 3. The molecule has 202 valence electrons. The predicted molar refractivity (Wildman–Crippen MR) is 135 cm³/mol. The zero-order valence-corrected chi connectivity index (χ0v) is 21.8. The molecule has 0 spiro atoms. The van der Waals surface area contributed by atoms with Gasteiger partial charge in [0.2, 0.25) is 5.95 Å². The molecule has 1 fully saturated rings. The van der Waals surface area contributed by atoms with Crippen LogP contribution in [0, 0.1) is 6.92 Å². The third-order valence-corrected chi connectivity index (χ3v) is 6.27. The smallest absolute Gasteiger partial charge is 0.362 e. The van der Waals surface area contributed by atoms with E-state index < -0.39 is 24.2 Å². The van der Waals surface area contributed by atoms with Crippen LogP contribution in [0.2, 0.25) is 5.02 Å². The molecule has 0 unspecified atom stereocenters. The van der Waals surface area contributed by atoms with Gasteiger partial charge in [-0.3, -0.25) is 4.90 Å². The largest absolute Gasteiger partial charge is 0.493 e. The van der Waals surface area contributed by atoms with E-state index in [1.807, 2.05) is 25.9 Å². The molecule has 1 heterocycles. The first-order chi connectivity index (χ1) is 17.4. The summed E-state index contributed by atoms with van der Waals surface area (Å²) in [6, 6.07) is 4.58. The fourth-order valence-corrected chi connectivity index (χ4v) is 4.30. The van der Waals surface area contributed by atoms with E-state index >= 15 is 0 Å². The molecule has 2 amide bonds. The summed E-state index contributed by atoms with van der Waals surface area (Å²) in [5, 5.41) is 4.26. The van der Waals surface area contributed by atoms with Gasteiger partial charge in [-0.05, 0) is 63.8 Å². The fraction of sp³-hybridized carbons (Fsp3) is 0.500. The van der Waals surface area contributed by atoms with Crippen LogP contribution in [0.5, 0.6) is 0 Å². The number of carbonyl (C=O) groups excluding carboxylic acids is 2. The van der Waals surface area contributed by atoms with Gasteiger partial charge in [0.15, 0.2) is 0 Å². The van der Waals surface area contributed by atoms with Crippen molar-refractivity contribution in [1.82, 2.24) is 15.0 Å². The van der Waals surface area contributed by atoms with Crippen molar-refractivity contribution in [2.45, 2.75) is 57.8 Å². The van der Waals surface area contributed by atoms with E-state index in [1.54, 1.807) is 37.4 Å². The van der Waals surface area contributed by atoms with Gasteiger partial charge in [-0.15, -0.1) is 5.06 Å². The Morgan fingerprint density at radius 3 is 2.30 bits per heavy atom. The molecule has 1 aromatic carbocycles. The van der Waals surface area contributed by atoms with Gasteiger partial charge in [0, 0.05) is 49.2 Å². The van der Waals surface area contributed by atoms with Crippen molar-refractivity contribution in [3.63, 3.8) is 0 Å². The zero-order chi connectivity index (χ0) is 27.3. The molecular formula is C24H30ClF3N6O3. The van der Waals surface area contributed by atoms with Gasteiger partial charge in [0.1, 0.15) is 5.82 Å². The maximum Gasteiger partial charge on any atom is 0.493 e. The number of urea groups is 1. The monoisotopic (exact) mass is 542 g/mol. The normalized spacial score (nSPS) is 17.6. The highest BCUT2D eigenvalue weighted by molar-refractivity contribution is 6.30. The van der Waals surface area contributed by atoms with E-state index in [4.69, 9.17) is 11.6 Å². The maximum atomic E-state index is 13.4. The summed E-state index contributed by atoms with van der Waals surface area (Å²) in [4.78, 5) is 41.7. The summed E-state index contributed by atoms with van der Waals surface area (Å²) in [7, 11) is 3.75. The number of aromatic nitrogens is 2. The van der Waals surface area contributed by atoms with E-state index in [9.17, 15) is 22.8 Å². The van der Waals surface area contributed by atoms with Crippen LogP contribution in [0.25, 0.3) is 0 Å². The van der Waals surface area contributed by atoms with E-state index in [2.05, 4.69) is 20.1 Å². The molecule has 0 radical (unpaired) electrons. The van der Waals surface area contributed by atoms with Crippen LogP contribution < -0.4 is 15.1 Å². The number of nitrogens with one attached hydrogen (secondary N) is 1. The number of alkyl halides is 3. The minimum atomic E-state index is -5.25. The summed E-state index contributed by atoms with van der Waals surface area (Å²) in [6.45, 7) is 3.71. The predicted octanol–water partition coefficient (Wildman–Crippen LogP) is 5.20. The van der Waals surface area contributed by atoms with Gasteiger partial charge in [-0.25, -0.2) is 14.6 Å². The Morgan fingerprint density at radius 2 is 1.76 bits per heavy atom. The van der Waals surface area contributed by atoms with Crippen molar-refractivity contribution < 1.29 is 27.6 Å². The van der Waals surface area contributed by atoms with Crippen LogP contribution in [-0.4, -0.2) is 65.9 Å². The first-order valence-electron chi connectivity index (χ1n) is 11.8. The third kappa shape index (κ3) is 7.15. The number of rotatable bonds is 6. The lowest BCUT2D eigenvalue weighted by Crippen LogP contribution is -2.52. The summed E-state index contributed by atoms with van der Waals surface area (Å²) < 4.78 is 39.1. The molecule has 0 bridgehead atoms. The quantitative estimate of drug-likeness (QED) is 0.502. The molecule has 13 heteroatoms. The highest BCUT2D eigenvalue weighted by Gasteiger charge is 2.45. The summed E-state index contributed by atoms with van der Waals surface area (Å²) in [6.07, 6.45) is -1.93. The van der Waals surface area contributed by atoms with E-state index in [0.717, 1.165) is 11.4 Å². The molecule has 0 atom stereocenters. The van der Waals surface area contributed by atoms with Crippen LogP contribution in [0.1, 0.15) is 38.2 Å². The Bertz CT molecular complexity index is 1090. The summed E-state index contributed by atoms with van der Waals surface area (Å²) in [5.41, 5.74) is 1.33. The van der Waals surface area contributed by atoms with Gasteiger partial charge in [0.05, 0.1) is 6.04 Å². The van der Waals surface area contributed by atoms with Crippen molar-refractivity contribution in [1.29, 1.82) is 0 Å². The third-order valence-electron chi connectivity index (χ3n) is 6.02. The molecule has 1 saturated carbocycles. The van der Waals surface area contributed by atoms with Gasteiger partial charge >= 0.3 is 18.2 Å². The van der Waals surface area contributed by atoms with Crippen molar-refractivity contribution >= 4 is 41.1 Å². The average molecular weight is 543 g/mol. The Balaban J connectivity index is 1.75. The number of amides is 2. The van der Waals surface area contributed by atoms with Crippen LogP contribution in [0.15, 0.2) is 30.5 Å². The summed E-state index contributed by atoms with van der Waals surface area (Å²) in [5.74, 6) is -1.24. The SMILES string of the molecule is CCN(C(=O)N(OC(=O)C(F)(F)F)C1CCC(Nc2ncc(C)c(N(C)C)n2)CC1)c1ccc(Cl)cc1. The molecule has 0 saturated heterocycles. The summed E-state index contributed by atoms with van der Waals surface area (Å²) >= 11 is 5.92. The van der Waals surface area contributed by atoms with Gasteiger partial charge in [-0.2, -0.15) is 18.2 Å². The zero-order valence-electron chi connectivity index (χ0n) is 21.0. The molecular weight excluding hydrogens is 513 g/mol. The Hall–Kier alpha value is -3.28. The molecule has 1 aliphatic carbocycles. The highest BCUT2D eigenvalue weighted by Crippen LogP contribution is 2.29. The lowest BCUT2D eigenvalue weighted by Gasteiger charge is -2.37. The molecule has 37 heavy (non-hydrogen) atoms. The van der Waals surface area contributed by atoms with Gasteiger partial charge in [0.25, 0.3) is 0 Å². The Morgan fingerprint density at radius 1 is 1.14 bits per heavy atom. The Labute approximate surface area is 218 Å². The average Bonchev–Trinajstić information content (AvgIpc) is 2.85. The number of benzene rings is 1. The van der Waals surface area contributed by atoms with Gasteiger partial charge < -0.3 is 15.1 Å². The number of nitrogens with zero attached hydrogens (tertiary/aromatic N) is 5. The standard InChI is InChI=1S/C24H30ClF3N6O3/c1-5-33(18-10-6-16(25)7-11-18)23(36)34(37-21(35)24(26,27)28)19-12-8-17(9-13-19)30-22-29-14-15(2)20(31-22)32(3)4/h6-7,10-11,14,17,19H,5,8-9,12-13H2,1-4H3,(H,29,30,31). The second-order valence-corrected chi connectivity index (χ2v) is 9.39. The first kappa shape index (κ1) is 28.3. The molecule has 9 nitrogen and oxygen atoms in total. The lowest BCUT2D eigenvalue weighted by atomic mass is 9.91.